The number of aliphatic hydroxyl groups excluding tert-OH is 1. The Morgan fingerprint density at radius 2 is 2.20 bits per heavy atom. The lowest BCUT2D eigenvalue weighted by atomic mass is 10.4. The van der Waals surface area contributed by atoms with Crippen LogP contribution in [0.3, 0.4) is 0 Å². The van der Waals surface area contributed by atoms with Crippen LogP contribution in [-0.4, -0.2) is 14.9 Å². The maximum atomic E-state index is 8.50. The molecule has 0 aliphatic heterocycles. The Morgan fingerprint density at radius 3 is 2.40 bits per heavy atom. The summed E-state index contributed by atoms with van der Waals surface area (Å²) >= 11 is 0. The van der Waals surface area contributed by atoms with Gasteiger partial charge in [-0.25, -0.2) is 0 Å². The molecule has 3 nitrogen and oxygen atoms in total. The minimum atomic E-state index is 0.0772. The zero-order valence-electron chi connectivity index (χ0n) is 6.70. The normalized spacial score (nSPS) is 8.40. The molecule has 0 fully saturated rings. The molecule has 1 rings (SSSR count). The minimum absolute atomic E-state index is 0.0772. The van der Waals surface area contributed by atoms with E-state index in [1.807, 2.05) is 20.9 Å². The van der Waals surface area contributed by atoms with Gasteiger partial charge in [0.2, 0.25) is 0 Å². The first-order valence-electron chi connectivity index (χ1n) is 3.41. The number of aromatic nitrogens is 2. The lowest BCUT2D eigenvalue weighted by Crippen LogP contribution is -1.84. The van der Waals surface area contributed by atoms with Gasteiger partial charge in [-0.3, -0.25) is 4.68 Å². The third-order valence-corrected chi connectivity index (χ3v) is 0.941. The van der Waals surface area contributed by atoms with Gasteiger partial charge in [-0.1, -0.05) is 13.8 Å². The number of rotatable bonds is 1. The highest BCUT2D eigenvalue weighted by Crippen LogP contribution is 1.92. The zero-order chi connectivity index (χ0) is 7.98. The molecule has 0 atom stereocenters. The molecule has 0 saturated carbocycles. The topological polar surface area (TPSA) is 38.0 Å². The average molecular weight is 142 g/mol. The molecule has 0 aliphatic rings. The fourth-order valence-corrected chi connectivity index (χ4v) is 0.554. The predicted octanol–water partition coefficient (Wildman–Crippen LogP) is 0.939. The lowest BCUT2D eigenvalue weighted by Gasteiger charge is -1.81. The molecule has 0 amide bonds. The lowest BCUT2D eigenvalue weighted by molar-refractivity contribution is 0.281. The molecule has 0 bridgehead atoms. The summed E-state index contributed by atoms with van der Waals surface area (Å²) in [4.78, 5) is 0. The van der Waals surface area contributed by atoms with Gasteiger partial charge in [-0.2, -0.15) is 5.10 Å². The van der Waals surface area contributed by atoms with Crippen LogP contribution in [0, 0.1) is 0 Å². The molecule has 1 heterocycles. The summed E-state index contributed by atoms with van der Waals surface area (Å²) in [5.74, 6) is 0. The van der Waals surface area contributed by atoms with Crippen LogP contribution in [0.1, 0.15) is 19.4 Å². The van der Waals surface area contributed by atoms with Crippen molar-refractivity contribution in [2.45, 2.75) is 20.5 Å². The molecule has 0 unspecified atom stereocenters. The summed E-state index contributed by atoms with van der Waals surface area (Å²) in [5.41, 5.74) is 0.854. The number of hydrogen-bond acceptors (Lipinski definition) is 2. The summed E-state index contributed by atoms with van der Waals surface area (Å²) in [6.07, 6.45) is 3.42. The van der Waals surface area contributed by atoms with E-state index in [4.69, 9.17) is 5.11 Å². The van der Waals surface area contributed by atoms with Gasteiger partial charge in [0.15, 0.2) is 0 Å². The molecule has 10 heavy (non-hydrogen) atoms. The molecule has 0 aliphatic carbocycles. The van der Waals surface area contributed by atoms with E-state index in [-0.39, 0.29) is 6.61 Å². The van der Waals surface area contributed by atoms with Gasteiger partial charge in [0.25, 0.3) is 0 Å². The molecule has 0 radical (unpaired) electrons. The Kier molecular flexibility index (Phi) is 4.58. The second-order valence-corrected chi connectivity index (χ2v) is 1.68. The van der Waals surface area contributed by atoms with Crippen molar-refractivity contribution in [3.63, 3.8) is 0 Å². The van der Waals surface area contributed by atoms with E-state index in [9.17, 15) is 0 Å². The van der Waals surface area contributed by atoms with E-state index in [0.29, 0.717) is 0 Å². The van der Waals surface area contributed by atoms with Gasteiger partial charge in [-0.05, 0) is 0 Å². The molecule has 1 aromatic heterocycles. The molecular formula is C7H14N2O. The molecule has 3 heteroatoms. The fourth-order valence-electron chi connectivity index (χ4n) is 0.554. The van der Waals surface area contributed by atoms with Crippen molar-refractivity contribution in [3.05, 3.63) is 18.0 Å². The Labute approximate surface area is 61.3 Å². The van der Waals surface area contributed by atoms with Gasteiger partial charge in [0.1, 0.15) is 0 Å². The van der Waals surface area contributed by atoms with E-state index < -0.39 is 0 Å². The predicted molar refractivity (Wildman–Crippen MR) is 40.5 cm³/mol. The highest BCUT2D eigenvalue weighted by Gasteiger charge is 1.89. The highest BCUT2D eigenvalue weighted by atomic mass is 16.3. The number of aliphatic hydroxyl groups is 1. The fraction of sp³-hybridized carbons (Fsp3) is 0.571. The maximum Gasteiger partial charge on any atom is 0.0712 e. The highest BCUT2D eigenvalue weighted by molar-refractivity contribution is 5.00. The second kappa shape index (κ2) is 4.99. The van der Waals surface area contributed by atoms with E-state index in [0.717, 1.165) is 5.56 Å². The maximum absolute atomic E-state index is 8.50. The van der Waals surface area contributed by atoms with Gasteiger partial charge in [0, 0.05) is 18.8 Å². The first kappa shape index (κ1) is 9.17. The van der Waals surface area contributed by atoms with E-state index in [1.165, 1.54) is 0 Å². The Morgan fingerprint density at radius 1 is 1.60 bits per heavy atom. The van der Waals surface area contributed by atoms with Crippen molar-refractivity contribution < 1.29 is 5.11 Å². The molecule has 58 valence electrons. The van der Waals surface area contributed by atoms with Gasteiger partial charge >= 0.3 is 0 Å². The number of nitrogens with zero attached hydrogens (tertiary/aromatic N) is 2. The quantitative estimate of drug-likeness (QED) is 0.633. The van der Waals surface area contributed by atoms with Crippen molar-refractivity contribution in [2.24, 2.45) is 7.05 Å². The van der Waals surface area contributed by atoms with Crippen molar-refractivity contribution in [3.8, 4) is 0 Å². The molecule has 0 aromatic carbocycles. The largest absolute Gasteiger partial charge is 0.392 e. The minimum Gasteiger partial charge on any atom is -0.392 e. The number of hydrogen-bond donors (Lipinski definition) is 1. The van der Waals surface area contributed by atoms with Crippen LogP contribution < -0.4 is 0 Å². The first-order chi connectivity index (χ1) is 4.83. The monoisotopic (exact) mass is 142 g/mol. The summed E-state index contributed by atoms with van der Waals surface area (Å²) in [6.45, 7) is 4.08. The standard InChI is InChI=1S/C5H8N2O.C2H6/c1-7-3-5(4-8)2-6-7;1-2/h2-3,8H,4H2,1H3;1-2H3. The molecule has 1 N–H and O–H groups in total. The third kappa shape index (κ3) is 2.64. The summed E-state index contributed by atoms with van der Waals surface area (Å²) in [7, 11) is 1.82. The van der Waals surface area contributed by atoms with Crippen LogP contribution in [0.2, 0.25) is 0 Å². The van der Waals surface area contributed by atoms with Crippen molar-refractivity contribution in [1.82, 2.24) is 9.78 Å². The summed E-state index contributed by atoms with van der Waals surface area (Å²) in [5, 5.41) is 12.3. The second-order valence-electron chi connectivity index (χ2n) is 1.68. The van der Waals surface area contributed by atoms with Crippen LogP contribution in [0.15, 0.2) is 12.4 Å². The van der Waals surface area contributed by atoms with E-state index in [1.54, 1.807) is 17.1 Å². The summed E-state index contributed by atoms with van der Waals surface area (Å²) in [6, 6.07) is 0. The Hall–Kier alpha value is -0.830. The van der Waals surface area contributed by atoms with Gasteiger partial charge < -0.3 is 5.11 Å². The zero-order valence-corrected chi connectivity index (χ0v) is 6.70. The smallest absolute Gasteiger partial charge is 0.0712 e. The summed E-state index contributed by atoms with van der Waals surface area (Å²) < 4.78 is 1.66. The van der Waals surface area contributed by atoms with Crippen LogP contribution >= 0.6 is 0 Å². The van der Waals surface area contributed by atoms with Crippen LogP contribution in [0.4, 0.5) is 0 Å². The molecule has 0 saturated heterocycles. The van der Waals surface area contributed by atoms with Crippen LogP contribution in [0.5, 0.6) is 0 Å². The number of aryl methyl sites for hydroxylation is 1. The third-order valence-electron chi connectivity index (χ3n) is 0.941. The van der Waals surface area contributed by atoms with E-state index >= 15 is 0 Å². The van der Waals surface area contributed by atoms with Gasteiger partial charge in [-0.15, -0.1) is 0 Å². The Balaban J connectivity index is 0.000000371. The van der Waals surface area contributed by atoms with Crippen LogP contribution in [0.25, 0.3) is 0 Å². The van der Waals surface area contributed by atoms with Crippen molar-refractivity contribution in [2.75, 3.05) is 0 Å². The first-order valence-corrected chi connectivity index (χ1v) is 3.41. The molecule has 1 aromatic rings. The van der Waals surface area contributed by atoms with Gasteiger partial charge in [0.05, 0.1) is 12.8 Å². The Bertz CT molecular complexity index is 172. The molecule has 0 spiro atoms. The van der Waals surface area contributed by atoms with Crippen LogP contribution in [-0.2, 0) is 13.7 Å². The average Bonchev–Trinajstić information content (AvgIpc) is 2.40. The van der Waals surface area contributed by atoms with Crippen molar-refractivity contribution in [1.29, 1.82) is 0 Å². The molecular weight excluding hydrogens is 128 g/mol. The SMILES string of the molecule is CC.Cn1cc(CO)cn1. The van der Waals surface area contributed by atoms with E-state index in [2.05, 4.69) is 5.10 Å². The van der Waals surface area contributed by atoms with Crippen molar-refractivity contribution >= 4 is 0 Å².